The summed E-state index contributed by atoms with van der Waals surface area (Å²) in [5.41, 5.74) is 5.58. The smallest absolute Gasteiger partial charge is 0.0775 e. The van der Waals surface area contributed by atoms with Gasteiger partial charge in [-0.15, -0.1) is 11.3 Å². The molecule has 0 N–H and O–H groups in total. The molecule has 32 heavy (non-hydrogen) atoms. The maximum absolute atomic E-state index is 8.41. The van der Waals surface area contributed by atoms with Gasteiger partial charge in [0.25, 0.3) is 0 Å². The molecule has 2 heterocycles. The fourth-order valence-corrected chi connectivity index (χ4v) is 6.66. The number of aromatic nitrogens is 1. The van der Waals surface area contributed by atoms with Gasteiger partial charge in [-0.3, -0.25) is 4.98 Å². The number of rotatable bonds is 4. The molecule has 160 valence electrons. The van der Waals surface area contributed by atoms with Crippen LogP contribution in [0.1, 0.15) is 26.7 Å². The van der Waals surface area contributed by atoms with Crippen LogP contribution in [0.3, 0.4) is 0 Å². The van der Waals surface area contributed by atoms with Crippen LogP contribution in [0.15, 0.2) is 79.0 Å². The van der Waals surface area contributed by atoms with E-state index < -0.39 is 14.0 Å². The second-order valence-electron chi connectivity index (χ2n) is 9.75. The summed E-state index contributed by atoms with van der Waals surface area (Å²) in [5.74, 6) is -0.647. The molecule has 0 spiro atoms. The quantitative estimate of drug-likeness (QED) is 0.249. The standard InChI is InChI=1S/C29H29NSSi/c1-19(2)21-15-16-30-27(17-21)26-8-6-7-25-24-14-11-22(18-28(24)31-29(25)26)20-9-12-23(13-10-20)32(3,4)5/h6-19H,1-5H3/i19D. The lowest BCUT2D eigenvalue weighted by Gasteiger charge is -2.16. The first-order chi connectivity index (χ1) is 15.6. The zero-order chi connectivity index (χ0) is 23.4. The summed E-state index contributed by atoms with van der Waals surface area (Å²) < 4.78 is 11.0. The molecule has 0 saturated heterocycles. The van der Waals surface area contributed by atoms with Crippen LogP contribution in [0.2, 0.25) is 19.6 Å². The molecule has 0 aliphatic carbocycles. The summed E-state index contributed by atoms with van der Waals surface area (Å²) in [6, 6.07) is 26.5. The molecule has 0 radical (unpaired) electrons. The van der Waals surface area contributed by atoms with Crippen molar-refractivity contribution < 1.29 is 1.37 Å². The van der Waals surface area contributed by atoms with E-state index in [0.717, 1.165) is 16.8 Å². The Labute approximate surface area is 197 Å². The number of hydrogen-bond donors (Lipinski definition) is 0. The second-order valence-corrected chi connectivity index (χ2v) is 15.9. The molecule has 5 rings (SSSR count). The topological polar surface area (TPSA) is 12.9 Å². The van der Waals surface area contributed by atoms with E-state index in [9.17, 15) is 0 Å². The zero-order valence-corrected chi connectivity index (χ0v) is 21.2. The van der Waals surface area contributed by atoms with Crippen molar-refractivity contribution >= 4 is 44.8 Å². The Morgan fingerprint density at radius 2 is 1.59 bits per heavy atom. The molecule has 0 saturated carbocycles. The lowest BCUT2D eigenvalue weighted by Crippen LogP contribution is -2.37. The number of thiophene rings is 1. The highest BCUT2D eigenvalue weighted by Gasteiger charge is 2.16. The number of benzene rings is 3. The van der Waals surface area contributed by atoms with E-state index in [1.807, 2.05) is 37.4 Å². The summed E-state index contributed by atoms with van der Waals surface area (Å²) in [4.78, 5) is 4.66. The third-order valence-electron chi connectivity index (χ3n) is 6.20. The van der Waals surface area contributed by atoms with Crippen molar-refractivity contribution in [3.63, 3.8) is 0 Å². The molecule has 0 bridgehead atoms. The first-order valence-corrected chi connectivity index (χ1v) is 15.5. The van der Waals surface area contributed by atoms with Crippen LogP contribution in [0.4, 0.5) is 0 Å². The summed E-state index contributed by atoms with van der Waals surface area (Å²) in [5, 5.41) is 4.05. The van der Waals surface area contributed by atoms with Crippen LogP contribution in [0.5, 0.6) is 0 Å². The molecular formula is C29H29NSSi. The molecule has 0 atom stereocenters. The Hall–Kier alpha value is -2.75. The van der Waals surface area contributed by atoms with E-state index in [1.165, 1.54) is 36.5 Å². The molecule has 0 fully saturated rings. The lowest BCUT2D eigenvalue weighted by atomic mass is 10.00. The SMILES string of the molecule is [2H]C(C)(C)c1ccnc(-c2cccc3c2sc2cc(-c4ccc([Si](C)(C)C)cc4)ccc23)c1. The minimum absolute atomic E-state index is 0.647. The van der Waals surface area contributed by atoms with Gasteiger partial charge in [0.15, 0.2) is 0 Å². The van der Waals surface area contributed by atoms with Crippen molar-refractivity contribution in [1.29, 1.82) is 0 Å². The molecule has 3 heteroatoms. The van der Waals surface area contributed by atoms with E-state index in [-0.39, 0.29) is 0 Å². The monoisotopic (exact) mass is 452 g/mol. The summed E-state index contributed by atoms with van der Waals surface area (Å²) in [6.07, 6.45) is 1.83. The Bertz CT molecular complexity index is 1470. The highest BCUT2D eigenvalue weighted by atomic mass is 32.1. The van der Waals surface area contributed by atoms with Gasteiger partial charge in [-0.1, -0.05) is 93.3 Å². The predicted molar refractivity (Wildman–Crippen MR) is 145 cm³/mol. The molecule has 5 aromatic rings. The molecular weight excluding hydrogens is 422 g/mol. The van der Waals surface area contributed by atoms with Gasteiger partial charge in [0, 0.05) is 33.3 Å². The molecule has 0 unspecified atom stereocenters. The Balaban J connectivity index is 1.62. The van der Waals surface area contributed by atoms with Crippen LogP contribution < -0.4 is 5.19 Å². The zero-order valence-electron chi connectivity index (χ0n) is 20.4. The highest BCUT2D eigenvalue weighted by Crippen LogP contribution is 2.41. The third-order valence-corrected chi connectivity index (χ3v) is 9.46. The summed E-state index contributed by atoms with van der Waals surface area (Å²) in [7, 11) is -1.29. The average molecular weight is 453 g/mol. The minimum Gasteiger partial charge on any atom is -0.256 e. The Morgan fingerprint density at radius 1 is 0.844 bits per heavy atom. The highest BCUT2D eigenvalue weighted by molar-refractivity contribution is 7.26. The van der Waals surface area contributed by atoms with Gasteiger partial charge in [-0.05, 0) is 40.8 Å². The van der Waals surface area contributed by atoms with Gasteiger partial charge >= 0.3 is 0 Å². The van der Waals surface area contributed by atoms with Crippen molar-refractivity contribution in [2.24, 2.45) is 0 Å². The second kappa shape index (κ2) is 7.98. The normalized spacial score (nSPS) is 13.0. The van der Waals surface area contributed by atoms with E-state index >= 15 is 0 Å². The van der Waals surface area contributed by atoms with E-state index in [1.54, 1.807) is 0 Å². The maximum Gasteiger partial charge on any atom is 0.0775 e. The largest absolute Gasteiger partial charge is 0.256 e. The van der Waals surface area contributed by atoms with Gasteiger partial charge < -0.3 is 0 Å². The predicted octanol–water partition coefficient (Wildman–Crippen LogP) is 8.45. The van der Waals surface area contributed by atoms with E-state index in [2.05, 4.69) is 91.4 Å². The van der Waals surface area contributed by atoms with Gasteiger partial charge in [0.1, 0.15) is 0 Å². The molecule has 1 nitrogen and oxygen atoms in total. The maximum atomic E-state index is 8.41. The molecule has 2 aromatic heterocycles. The van der Waals surface area contributed by atoms with Gasteiger partial charge in [-0.25, -0.2) is 0 Å². The van der Waals surface area contributed by atoms with Crippen LogP contribution in [-0.2, 0) is 0 Å². The molecule has 0 amide bonds. The van der Waals surface area contributed by atoms with Crippen molar-refractivity contribution in [3.8, 4) is 22.4 Å². The molecule has 0 aliphatic rings. The molecule has 0 aliphatic heterocycles. The summed E-state index contributed by atoms with van der Waals surface area (Å²) in [6.45, 7) is 11.0. The fourth-order valence-electron chi connectivity index (χ4n) is 4.23. The lowest BCUT2D eigenvalue weighted by molar-refractivity contribution is 0.864. The number of hydrogen-bond acceptors (Lipinski definition) is 2. The van der Waals surface area contributed by atoms with Crippen LogP contribution in [0, 0.1) is 0 Å². The first kappa shape index (κ1) is 19.9. The summed E-state index contributed by atoms with van der Waals surface area (Å²) >= 11 is 1.83. The van der Waals surface area contributed by atoms with Gasteiger partial charge in [-0.2, -0.15) is 0 Å². The third kappa shape index (κ3) is 3.80. The van der Waals surface area contributed by atoms with Crippen LogP contribution >= 0.6 is 11.3 Å². The van der Waals surface area contributed by atoms with E-state index in [4.69, 9.17) is 1.37 Å². The number of pyridine rings is 1. The van der Waals surface area contributed by atoms with Crippen molar-refractivity contribution in [3.05, 3.63) is 84.6 Å². The Kier molecular flexibility index (Phi) is 4.96. The van der Waals surface area contributed by atoms with Crippen LogP contribution in [0.25, 0.3) is 42.6 Å². The fraction of sp³-hybridized carbons (Fsp3) is 0.207. The Morgan fingerprint density at radius 3 is 2.31 bits per heavy atom. The van der Waals surface area contributed by atoms with E-state index in [0.29, 0.717) is 0 Å². The number of nitrogens with zero attached hydrogens (tertiary/aromatic N) is 1. The minimum atomic E-state index is -1.29. The number of fused-ring (bicyclic) bond motifs is 3. The average Bonchev–Trinajstić information content (AvgIpc) is 3.16. The van der Waals surface area contributed by atoms with Gasteiger partial charge in [0.05, 0.1) is 13.8 Å². The van der Waals surface area contributed by atoms with Gasteiger partial charge in [0.2, 0.25) is 0 Å². The first-order valence-electron chi connectivity index (χ1n) is 11.6. The van der Waals surface area contributed by atoms with Crippen molar-refractivity contribution in [1.82, 2.24) is 4.98 Å². The van der Waals surface area contributed by atoms with Crippen molar-refractivity contribution in [2.75, 3.05) is 0 Å². The van der Waals surface area contributed by atoms with Crippen molar-refractivity contribution in [2.45, 2.75) is 39.4 Å². The molecule has 3 aromatic carbocycles. The van der Waals surface area contributed by atoms with Crippen LogP contribution in [-0.4, -0.2) is 13.1 Å².